The Morgan fingerprint density at radius 3 is 1.69 bits per heavy atom. The SMILES string of the molecule is CCCO[C@@H]1O[C@H](C(=O)O)[C@H](O[C@@H]2O[C@@H](C)[C@H](O)[C@@H](O)[C@H]2O[C@@H]2O[C@@H](C)[C@H](O)[C@@H](O)[C@H]2OC(C)=O)[C@H](O)[C@H]1O. The minimum atomic E-state index is -1.86. The number of carboxylic acid groups (broad SMARTS) is 1. The molecule has 16 heteroatoms. The first-order chi connectivity index (χ1) is 18.3. The Morgan fingerprint density at radius 1 is 0.692 bits per heavy atom. The van der Waals surface area contributed by atoms with Crippen molar-refractivity contribution in [1.82, 2.24) is 0 Å². The number of rotatable bonds is 9. The fraction of sp³-hybridized carbons (Fsp3) is 0.913. The lowest BCUT2D eigenvalue weighted by molar-refractivity contribution is -0.382. The van der Waals surface area contributed by atoms with Crippen LogP contribution in [0.25, 0.3) is 0 Å². The van der Waals surface area contributed by atoms with Crippen molar-refractivity contribution in [3.05, 3.63) is 0 Å². The molecule has 0 radical (unpaired) electrons. The van der Waals surface area contributed by atoms with Gasteiger partial charge in [0.1, 0.15) is 48.8 Å². The summed E-state index contributed by atoms with van der Waals surface area (Å²) in [5.74, 6) is -2.41. The fourth-order valence-corrected chi connectivity index (χ4v) is 4.55. The van der Waals surface area contributed by atoms with E-state index < -0.39 is 104 Å². The Bertz CT molecular complexity index is 828. The number of hydrogen-bond donors (Lipinski definition) is 7. The van der Waals surface area contributed by atoms with Crippen molar-refractivity contribution >= 4 is 11.9 Å². The van der Waals surface area contributed by atoms with Crippen molar-refractivity contribution in [2.75, 3.05) is 6.61 Å². The molecule has 0 aromatic carbocycles. The predicted molar refractivity (Wildman–Crippen MR) is 123 cm³/mol. The number of carbonyl (C=O) groups excluding carboxylic acids is 1. The summed E-state index contributed by atoms with van der Waals surface area (Å²) in [6.07, 6.45) is -23.3. The molecule has 7 N–H and O–H groups in total. The van der Waals surface area contributed by atoms with Crippen molar-refractivity contribution < 1.29 is 78.5 Å². The van der Waals surface area contributed by atoms with E-state index in [1.54, 1.807) is 6.92 Å². The van der Waals surface area contributed by atoms with E-state index in [9.17, 15) is 45.3 Å². The van der Waals surface area contributed by atoms with Crippen LogP contribution in [0.1, 0.15) is 34.1 Å². The van der Waals surface area contributed by atoms with Gasteiger partial charge in [-0.3, -0.25) is 4.79 Å². The highest BCUT2D eigenvalue weighted by atomic mass is 16.8. The molecule has 0 spiro atoms. The van der Waals surface area contributed by atoms with Gasteiger partial charge in [-0.2, -0.15) is 0 Å². The van der Waals surface area contributed by atoms with Crippen molar-refractivity contribution in [3.8, 4) is 0 Å². The third-order valence-corrected chi connectivity index (χ3v) is 6.73. The number of hydrogen-bond acceptors (Lipinski definition) is 15. The minimum Gasteiger partial charge on any atom is -0.479 e. The normalized spacial score (nSPS) is 47.0. The van der Waals surface area contributed by atoms with Gasteiger partial charge in [-0.1, -0.05) is 6.92 Å². The van der Waals surface area contributed by atoms with E-state index in [-0.39, 0.29) is 6.61 Å². The van der Waals surface area contributed by atoms with Gasteiger partial charge in [-0.05, 0) is 20.3 Å². The Morgan fingerprint density at radius 2 is 1.18 bits per heavy atom. The molecule has 39 heavy (non-hydrogen) atoms. The van der Waals surface area contributed by atoms with Crippen LogP contribution in [0.5, 0.6) is 0 Å². The number of esters is 1. The molecule has 3 aliphatic rings. The molecule has 3 saturated heterocycles. The summed E-state index contributed by atoms with van der Waals surface area (Å²) in [5, 5.41) is 72.9. The first-order valence-corrected chi connectivity index (χ1v) is 12.7. The Hall–Kier alpha value is -1.54. The summed E-state index contributed by atoms with van der Waals surface area (Å²) in [5.41, 5.74) is 0. The van der Waals surface area contributed by atoms with Gasteiger partial charge in [0.15, 0.2) is 31.1 Å². The summed E-state index contributed by atoms with van der Waals surface area (Å²) < 4.78 is 38.3. The largest absolute Gasteiger partial charge is 0.479 e. The molecule has 3 aliphatic heterocycles. The van der Waals surface area contributed by atoms with E-state index in [1.807, 2.05) is 0 Å². The monoisotopic (exact) mass is 570 g/mol. The van der Waals surface area contributed by atoms with E-state index in [4.69, 9.17) is 33.2 Å². The molecular weight excluding hydrogens is 532 g/mol. The molecule has 0 aliphatic carbocycles. The lowest BCUT2D eigenvalue weighted by atomic mass is 9.96. The second-order valence-electron chi connectivity index (χ2n) is 9.77. The summed E-state index contributed by atoms with van der Waals surface area (Å²) >= 11 is 0. The predicted octanol–water partition coefficient (Wildman–Crippen LogP) is -3.42. The van der Waals surface area contributed by atoms with Crippen LogP contribution in [0.15, 0.2) is 0 Å². The van der Waals surface area contributed by atoms with Gasteiger partial charge in [0.05, 0.1) is 12.2 Å². The molecular formula is C23H38O16. The first kappa shape index (κ1) is 32.0. The number of carbonyl (C=O) groups is 2. The van der Waals surface area contributed by atoms with Crippen molar-refractivity contribution in [2.24, 2.45) is 0 Å². The maximum atomic E-state index is 12.0. The van der Waals surface area contributed by atoms with Crippen LogP contribution < -0.4 is 0 Å². The zero-order valence-corrected chi connectivity index (χ0v) is 21.9. The van der Waals surface area contributed by atoms with Crippen LogP contribution in [0.3, 0.4) is 0 Å². The maximum absolute atomic E-state index is 12.0. The van der Waals surface area contributed by atoms with Crippen molar-refractivity contribution in [2.45, 2.75) is 126 Å². The highest BCUT2D eigenvalue weighted by molar-refractivity contribution is 5.73. The molecule has 0 unspecified atom stereocenters. The highest BCUT2D eigenvalue weighted by Crippen LogP contribution is 2.33. The molecule has 3 rings (SSSR count). The zero-order valence-electron chi connectivity index (χ0n) is 21.9. The first-order valence-electron chi connectivity index (χ1n) is 12.7. The highest BCUT2D eigenvalue weighted by Gasteiger charge is 2.55. The van der Waals surface area contributed by atoms with Gasteiger partial charge in [-0.15, -0.1) is 0 Å². The molecule has 0 amide bonds. The Labute approximate surface area is 223 Å². The van der Waals surface area contributed by atoms with Crippen LogP contribution in [0.4, 0.5) is 0 Å². The van der Waals surface area contributed by atoms with E-state index >= 15 is 0 Å². The molecule has 226 valence electrons. The summed E-state index contributed by atoms with van der Waals surface area (Å²) in [6.45, 7) is 5.71. The summed E-state index contributed by atoms with van der Waals surface area (Å²) in [4.78, 5) is 23.6. The third kappa shape index (κ3) is 7.03. The molecule has 16 nitrogen and oxygen atoms in total. The van der Waals surface area contributed by atoms with Gasteiger partial charge in [0.2, 0.25) is 0 Å². The topological polar surface area (TPSA) is 240 Å². The lowest BCUT2D eigenvalue weighted by Crippen LogP contribution is -2.66. The molecule has 0 aromatic rings. The van der Waals surface area contributed by atoms with Crippen LogP contribution in [-0.4, -0.2) is 146 Å². The van der Waals surface area contributed by atoms with E-state index in [0.29, 0.717) is 6.42 Å². The van der Waals surface area contributed by atoms with Gasteiger partial charge in [-0.25, -0.2) is 4.79 Å². The molecule has 0 aromatic heterocycles. The van der Waals surface area contributed by atoms with Gasteiger partial charge in [0, 0.05) is 13.5 Å². The van der Waals surface area contributed by atoms with Gasteiger partial charge >= 0.3 is 11.9 Å². The second kappa shape index (κ2) is 13.4. The quantitative estimate of drug-likeness (QED) is 0.134. The molecule has 0 saturated carbocycles. The number of aliphatic hydroxyl groups excluding tert-OH is 6. The van der Waals surface area contributed by atoms with Gasteiger partial charge < -0.3 is 68.9 Å². The summed E-state index contributed by atoms with van der Waals surface area (Å²) in [7, 11) is 0. The average Bonchev–Trinajstić information content (AvgIpc) is 2.87. The van der Waals surface area contributed by atoms with E-state index in [0.717, 1.165) is 6.92 Å². The van der Waals surface area contributed by atoms with E-state index in [1.165, 1.54) is 13.8 Å². The number of carboxylic acids is 1. The van der Waals surface area contributed by atoms with Crippen molar-refractivity contribution in [1.29, 1.82) is 0 Å². The molecule has 15 atom stereocenters. The number of aliphatic carboxylic acids is 1. The molecule has 3 fully saturated rings. The van der Waals surface area contributed by atoms with E-state index in [2.05, 4.69) is 0 Å². The average molecular weight is 571 g/mol. The maximum Gasteiger partial charge on any atom is 0.335 e. The standard InChI is InChI=1S/C23H38O16/c1-5-6-33-21-15(30)14(29)16(19(39-21)20(31)32)37-23-18(13(28)11(26)8(3)35-23)38-22-17(36-9(4)24)12(27)10(25)7(2)34-22/h7-8,10-19,21-23,25-30H,5-6H2,1-4H3,(H,31,32)/t7-,8-,10-,11-,12+,13+,14+,15+,16+,17+,18+,19-,21+,22-,23-/m0/s1. The number of ether oxygens (including phenoxy) is 7. The van der Waals surface area contributed by atoms with Crippen LogP contribution >= 0.6 is 0 Å². The fourth-order valence-electron chi connectivity index (χ4n) is 4.55. The van der Waals surface area contributed by atoms with Crippen LogP contribution in [-0.2, 0) is 42.7 Å². The summed E-state index contributed by atoms with van der Waals surface area (Å²) in [6, 6.07) is 0. The lowest BCUT2D eigenvalue weighted by Gasteiger charge is -2.48. The third-order valence-electron chi connectivity index (χ3n) is 6.73. The molecule has 3 heterocycles. The van der Waals surface area contributed by atoms with Crippen LogP contribution in [0.2, 0.25) is 0 Å². The smallest absolute Gasteiger partial charge is 0.335 e. The molecule has 0 bridgehead atoms. The Kier molecular flexibility index (Phi) is 11.0. The minimum absolute atomic E-state index is 0.111. The van der Waals surface area contributed by atoms with Gasteiger partial charge in [0.25, 0.3) is 0 Å². The van der Waals surface area contributed by atoms with Crippen molar-refractivity contribution in [3.63, 3.8) is 0 Å². The number of aliphatic hydroxyl groups is 6. The Balaban J connectivity index is 1.87. The van der Waals surface area contributed by atoms with Crippen LogP contribution in [0, 0.1) is 0 Å². The second-order valence-corrected chi connectivity index (χ2v) is 9.77. The zero-order chi connectivity index (χ0) is 29.2.